The van der Waals surface area contributed by atoms with Crippen LogP contribution in [0.25, 0.3) is 11.1 Å². The fraction of sp³-hybridized carbons (Fsp3) is 0.480. The van der Waals surface area contributed by atoms with Crippen LogP contribution < -0.4 is 0 Å². The molecule has 0 aromatic heterocycles. The van der Waals surface area contributed by atoms with Crippen LogP contribution in [0.4, 0.5) is 0 Å². The predicted molar refractivity (Wildman–Crippen MR) is 122 cm³/mol. The molecule has 1 atom stereocenters. The van der Waals surface area contributed by atoms with E-state index in [1.54, 1.807) is 0 Å². The van der Waals surface area contributed by atoms with Gasteiger partial charge >= 0.3 is 0 Å². The molecule has 1 unspecified atom stereocenters. The van der Waals surface area contributed by atoms with E-state index in [1.165, 1.54) is 16.7 Å². The van der Waals surface area contributed by atoms with Crippen LogP contribution in [-0.4, -0.2) is 25.5 Å². The van der Waals surface area contributed by atoms with Gasteiger partial charge in [-0.2, -0.15) is 0 Å². The van der Waals surface area contributed by atoms with Gasteiger partial charge in [0.1, 0.15) is 0 Å². The van der Waals surface area contributed by atoms with Crippen molar-refractivity contribution >= 4 is 16.9 Å². The number of aryl methyl sites for hydroxylation is 1. The normalized spacial score (nSPS) is 12.7. The fourth-order valence-corrected chi connectivity index (χ4v) is 3.41. The summed E-state index contributed by atoms with van der Waals surface area (Å²) in [5.74, 6) is 0. The standard InChI is InChI=1S/C25H37NO/c1-9-12-22(27-8)14-11-13-19(5)24-17-25(21(7)26-15-10-2)23(18(3)4)16-20(24)6/h10,16-17,22H,2-3,5,9,11-15H2,1,4,6-8H3/b26-21-. The van der Waals surface area contributed by atoms with Crippen molar-refractivity contribution in [3.63, 3.8) is 0 Å². The molecule has 0 heterocycles. The largest absolute Gasteiger partial charge is 0.381 e. The summed E-state index contributed by atoms with van der Waals surface area (Å²) in [6.07, 6.45) is 7.63. The highest BCUT2D eigenvalue weighted by Crippen LogP contribution is 2.29. The highest BCUT2D eigenvalue weighted by atomic mass is 16.5. The first-order chi connectivity index (χ1) is 12.8. The van der Waals surface area contributed by atoms with Crippen LogP contribution in [-0.2, 0) is 4.74 Å². The lowest BCUT2D eigenvalue weighted by Gasteiger charge is -2.18. The van der Waals surface area contributed by atoms with E-state index >= 15 is 0 Å². The zero-order valence-electron chi connectivity index (χ0n) is 18.0. The predicted octanol–water partition coefficient (Wildman–Crippen LogP) is 7.02. The van der Waals surface area contributed by atoms with Gasteiger partial charge in [0.25, 0.3) is 0 Å². The maximum Gasteiger partial charge on any atom is 0.0571 e. The molecule has 1 aromatic carbocycles. The molecule has 0 aliphatic carbocycles. The van der Waals surface area contributed by atoms with Gasteiger partial charge in [0.15, 0.2) is 0 Å². The van der Waals surface area contributed by atoms with Crippen LogP contribution in [0.5, 0.6) is 0 Å². The van der Waals surface area contributed by atoms with Crippen LogP contribution in [0.15, 0.2) is 42.9 Å². The van der Waals surface area contributed by atoms with E-state index < -0.39 is 0 Å². The Labute approximate surface area is 166 Å². The van der Waals surface area contributed by atoms with Crippen molar-refractivity contribution in [2.75, 3.05) is 13.7 Å². The monoisotopic (exact) mass is 367 g/mol. The maximum atomic E-state index is 5.57. The minimum Gasteiger partial charge on any atom is -0.381 e. The first kappa shape index (κ1) is 23.1. The highest BCUT2D eigenvalue weighted by Gasteiger charge is 2.13. The molecular weight excluding hydrogens is 330 g/mol. The summed E-state index contributed by atoms with van der Waals surface area (Å²) >= 11 is 0. The van der Waals surface area contributed by atoms with Crippen molar-refractivity contribution in [3.8, 4) is 0 Å². The van der Waals surface area contributed by atoms with Gasteiger partial charge in [0.05, 0.1) is 12.6 Å². The molecular formula is C25H37NO. The Kier molecular flexibility index (Phi) is 10.0. The summed E-state index contributed by atoms with van der Waals surface area (Å²) in [6, 6.07) is 4.46. The molecule has 0 spiro atoms. The number of hydrogen-bond acceptors (Lipinski definition) is 2. The van der Waals surface area contributed by atoms with Gasteiger partial charge in [0, 0.05) is 18.4 Å². The average molecular weight is 368 g/mol. The van der Waals surface area contributed by atoms with Gasteiger partial charge in [-0.1, -0.05) is 44.2 Å². The Hall–Kier alpha value is -1.93. The second kappa shape index (κ2) is 11.7. The van der Waals surface area contributed by atoms with Crippen molar-refractivity contribution in [3.05, 3.63) is 60.2 Å². The lowest BCUT2D eigenvalue weighted by atomic mass is 9.89. The summed E-state index contributed by atoms with van der Waals surface area (Å²) in [5.41, 5.74) is 8.04. The first-order valence-electron chi connectivity index (χ1n) is 9.99. The lowest BCUT2D eigenvalue weighted by molar-refractivity contribution is 0.0860. The van der Waals surface area contributed by atoms with Crippen molar-refractivity contribution in [1.82, 2.24) is 0 Å². The Bertz CT molecular complexity index is 697. The van der Waals surface area contributed by atoms with Crippen molar-refractivity contribution in [1.29, 1.82) is 0 Å². The molecule has 0 N–H and O–H groups in total. The minimum absolute atomic E-state index is 0.360. The average Bonchev–Trinajstić information content (AvgIpc) is 2.64. The number of rotatable bonds is 12. The Morgan fingerprint density at radius 2 is 1.85 bits per heavy atom. The molecule has 1 rings (SSSR count). The van der Waals surface area contributed by atoms with Crippen LogP contribution in [0.3, 0.4) is 0 Å². The zero-order chi connectivity index (χ0) is 20.4. The third-order valence-corrected chi connectivity index (χ3v) is 5.00. The Balaban J connectivity index is 3.04. The number of nitrogens with zero attached hydrogens (tertiary/aromatic N) is 1. The number of methoxy groups -OCH3 is 1. The van der Waals surface area contributed by atoms with Crippen LogP contribution in [0, 0.1) is 6.92 Å². The smallest absolute Gasteiger partial charge is 0.0571 e. The van der Waals surface area contributed by atoms with Gasteiger partial charge in [-0.25, -0.2) is 0 Å². The third kappa shape index (κ3) is 6.95. The molecule has 2 heteroatoms. The molecule has 0 aliphatic heterocycles. The molecule has 0 saturated heterocycles. The van der Waals surface area contributed by atoms with Crippen LogP contribution in [0.2, 0.25) is 0 Å². The van der Waals surface area contributed by atoms with E-state index in [0.717, 1.165) is 54.5 Å². The van der Waals surface area contributed by atoms with Gasteiger partial charge in [0.2, 0.25) is 0 Å². The summed E-state index contributed by atoms with van der Waals surface area (Å²) in [4.78, 5) is 4.61. The Morgan fingerprint density at radius 1 is 1.15 bits per heavy atom. The first-order valence-corrected chi connectivity index (χ1v) is 9.99. The number of allylic oxidation sites excluding steroid dienone is 2. The molecule has 0 aliphatic rings. The maximum absolute atomic E-state index is 5.57. The zero-order valence-corrected chi connectivity index (χ0v) is 18.0. The van der Waals surface area contributed by atoms with Crippen molar-refractivity contribution in [2.24, 2.45) is 4.99 Å². The number of benzene rings is 1. The SMILES string of the molecule is C=CC/N=C(/C)c1cc(C(=C)CCCC(CCC)OC)c(C)cc1C(=C)C. The van der Waals surface area contributed by atoms with Gasteiger partial charge in [-0.3, -0.25) is 4.99 Å². The number of ether oxygens (including phenoxy) is 1. The number of hydrogen-bond donors (Lipinski definition) is 0. The second-order valence-corrected chi connectivity index (χ2v) is 7.35. The molecule has 27 heavy (non-hydrogen) atoms. The highest BCUT2D eigenvalue weighted by molar-refractivity contribution is 6.03. The summed E-state index contributed by atoms with van der Waals surface area (Å²) in [6.45, 7) is 21.4. The summed E-state index contributed by atoms with van der Waals surface area (Å²) in [5, 5.41) is 0. The molecule has 148 valence electrons. The molecule has 0 fully saturated rings. The summed E-state index contributed by atoms with van der Waals surface area (Å²) in [7, 11) is 1.81. The molecule has 2 nitrogen and oxygen atoms in total. The third-order valence-electron chi connectivity index (χ3n) is 5.00. The quantitative estimate of drug-likeness (QED) is 0.287. The molecule has 1 aromatic rings. The van der Waals surface area contributed by atoms with E-state index in [9.17, 15) is 0 Å². The van der Waals surface area contributed by atoms with Gasteiger partial charge < -0.3 is 4.74 Å². The van der Waals surface area contributed by atoms with Crippen LogP contribution >= 0.6 is 0 Å². The molecule has 0 radical (unpaired) electrons. The topological polar surface area (TPSA) is 21.6 Å². The second-order valence-electron chi connectivity index (χ2n) is 7.35. The fourth-order valence-electron chi connectivity index (χ4n) is 3.41. The number of aliphatic imine (C=N–C) groups is 1. The van der Waals surface area contributed by atoms with E-state index in [-0.39, 0.29) is 0 Å². The van der Waals surface area contributed by atoms with Gasteiger partial charge in [-0.15, -0.1) is 6.58 Å². The van der Waals surface area contributed by atoms with Gasteiger partial charge in [-0.05, 0) is 74.8 Å². The van der Waals surface area contributed by atoms with E-state index in [0.29, 0.717) is 12.6 Å². The van der Waals surface area contributed by atoms with E-state index in [1.807, 2.05) is 20.1 Å². The Morgan fingerprint density at radius 3 is 2.41 bits per heavy atom. The minimum atomic E-state index is 0.360. The molecule has 0 amide bonds. The lowest BCUT2D eigenvalue weighted by Crippen LogP contribution is -2.09. The summed E-state index contributed by atoms with van der Waals surface area (Å²) < 4.78 is 5.57. The van der Waals surface area contributed by atoms with Crippen molar-refractivity contribution < 1.29 is 4.74 Å². The van der Waals surface area contributed by atoms with Crippen LogP contribution in [0.1, 0.15) is 75.1 Å². The van der Waals surface area contributed by atoms with Crippen molar-refractivity contribution in [2.45, 2.75) is 65.9 Å². The molecule has 0 bridgehead atoms. The van der Waals surface area contributed by atoms with E-state index in [2.05, 4.69) is 57.6 Å². The molecule has 0 saturated carbocycles. The van der Waals surface area contributed by atoms with E-state index in [4.69, 9.17) is 4.74 Å².